The lowest BCUT2D eigenvalue weighted by Gasteiger charge is -2.25. The van der Waals surface area contributed by atoms with Crippen LogP contribution in [-0.2, 0) is 25.8 Å². The van der Waals surface area contributed by atoms with Gasteiger partial charge in [0.1, 0.15) is 11.5 Å². The summed E-state index contributed by atoms with van der Waals surface area (Å²) in [7, 11) is 0. The highest BCUT2D eigenvalue weighted by Gasteiger charge is 2.26. The predicted octanol–water partition coefficient (Wildman–Crippen LogP) is 3.24. The Morgan fingerprint density at radius 1 is 1.07 bits per heavy atom. The van der Waals surface area contributed by atoms with E-state index in [1.165, 1.54) is 0 Å². The number of carbonyl (C=O) groups is 1. The third-order valence-corrected chi connectivity index (χ3v) is 5.33. The molecular weight excluding hydrogens is 378 g/mol. The van der Waals surface area contributed by atoms with E-state index in [9.17, 15) is 4.79 Å². The van der Waals surface area contributed by atoms with Crippen molar-refractivity contribution in [1.29, 1.82) is 0 Å². The smallest absolute Gasteiger partial charge is 0.254 e. The van der Waals surface area contributed by atoms with Crippen molar-refractivity contribution in [2.75, 3.05) is 6.54 Å². The van der Waals surface area contributed by atoms with E-state index in [0.717, 1.165) is 41.4 Å². The minimum Gasteiger partial charge on any atom is -0.445 e. The van der Waals surface area contributed by atoms with Gasteiger partial charge in [-0.25, -0.2) is 9.97 Å². The number of nitrogens with zero attached hydrogens (tertiary/aromatic N) is 5. The molecule has 0 bridgehead atoms. The Hall–Kier alpha value is -3.74. The van der Waals surface area contributed by atoms with Crippen LogP contribution in [0.5, 0.6) is 0 Å². The van der Waals surface area contributed by atoms with E-state index in [0.29, 0.717) is 25.1 Å². The van der Waals surface area contributed by atoms with Gasteiger partial charge in [0.2, 0.25) is 0 Å². The van der Waals surface area contributed by atoms with Gasteiger partial charge in [-0.3, -0.25) is 9.78 Å². The summed E-state index contributed by atoms with van der Waals surface area (Å²) in [6.45, 7) is 1.11. The van der Waals surface area contributed by atoms with Gasteiger partial charge in [-0.2, -0.15) is 0 Å². The van der Waals surface area contributed by atoms with Gasteiger partial charge in [-0.15, -0.1) is 0 Å². The molecule has 7 nitrogen and oxygen atoms in total. The summed E-state index contributed by atoms with van der Waals surface area (Å²) in [6.07, 6.45) is 11.2. The number of carbonyl (C=O) groups excluding carboxylic acids is 1. The molecule has 1 amide bonds. The molecule has 7 heteroatoms. The molecule has 4 aromatic rings. The topological polar surface area (TPSA) is 77.0 Å². The lowest BCUT2D eigenvalue weighted by Crippen LogP contribution is -2.35. The van der Waals surface area contributed by atoms with Gasteiger partial charge >= 0.3 is 0 Å². The number of benzene rings is 1. The Morgan fingerprint density at radius 3 is 2.73 bits per heavy atom. The second-order valence-electron chi connectivity index (χ2n) is 7.33. The first-order chi connectivity index (χ1) is 14.8. The van der Waals surface area contributed by atoms with Gasteiger partial charge in [0.05, 0.1) is 12.9 Å². The van der Waals surface area contributed by atoms with Crippen LogP contribution in [0.25, 0.3) is 5.69 Å². The number of aryl methyl sites for hydroxylation is 2. The minimum atomic E-state index is 0.0118. The number of pyridine rings is 1. The van der Waals surface area contributed by atoms with Gasteiger partial charge in [-0.05, 0) is 42.3 Å². The third-order valence-electron chi connectivity index (χ3n) is 5.33. The van der Waals surface area contributed by atoms with Gasteiger partial charge in [0, 0.05) is 55.4 Å². The first kappa shape index (κ1) is 18.3. The van der Waals surface area contributed by atoms with Gasteiger partial charge in [0.15, 0.2) is 5.89 Å². The van der Waals surface area contributed by atoms with Crippen molar-refractivity contribution in [3.8, 4) is 5.69 Å². The van der Waals surface area contributed by atoms with Crippen LogP contribution in [0.15, 0.2) is 71.9 Å². The summed E-state index contributed by atoms with van der Waals surface area (Å²) >= 11 is 0. The predicted molar refractivity (Wildman–Crippen MR) is 110 cm³/mol. The van der Waals surface area contributed by atoms with Crippen LogP contribution in [0.1, 0.15) is 33.3 Å². The summed E-state index contributed by atoms with van der Waals surface area (Å²) in [5, 5.41) is 0. The van der Waals surface area contributed by atoms with Gasteiger partial charge in [0.25, 0.3) is 5.91 Å². The Balaban J connectivity index is 1.25. The highest BCUT2D eigenvalue weighted by molar-refractivity contribution is 5.94. The Kier molecular flexibility index (Phi) is 4.85. The van der Waals surface area contributed by atoms with Crippen molar-refractivity contribution < 1.29 is 9.21 Å². The average molecular weight is 399 g/mol. The van der Waals surface area contributed by atoms with Crippen LogP contribution in [0, 0.1) is 0 Å². The van der Waals surface area contributed by atoms with Crippen molar-refractivity contribution in [2.45, 2.75) is 25.8 Å². The number of amides is 1. The number of rotatable bonds is 5. The van der Waals surface area contributed by atoms with Crippen LogP contribution in [0.3, 0.4) is 0 Å². The number of imidazole rings is 1. The Bertz CT molecular complexity index is 1130. The summed E-state index contributed by atoms with van der Waals surface area (Å²) in [5.74, 6) is 1.64. The van der Waals surface area contributed by atoms with Crippen LogP contribution < -0.4 is 0 Å². The fraction of sp³-hybridized carbons (Fsp3) is 0.217. The molecule has 0 N–H and O–H groups in total. The highest BCUT2D eigenvalue weighted by atomic mass is 16.4. The maximum absolute atomic E-state index is 13.0. The molecule has 0 radical (unpaired) electrons. The monoisotopic (exact) mass is 399 g/mol. The molecule has 0 aliphatic carbocycles. The fourth-order valence-corrected chi connectivity index (χ4v) is 3.70. The first-order valence-corrected chi connectivity index (χ1v) is 10.0. The van der Waals surface area contributed by atoms with E-state index in [-0.39, 0.29) is 5.91 Å². The molecule has 0 unspecified atom stereocenters. The maximum atomic E-state index is 13.0. The number of aromatic nitrogens is 4. The zero-order valence-corrected chi connectivity index (χ0v) is 16.4. The van der Waals surface area contributed by atoms with E-state index >= 15 is 0 Å². The molecule has 3 aromatic heterocycles. The normalized spacial score (nSPS) is 13.3. The number of fused-ring (bicyclic) bond motifs is 1. The molecule has 4 heterocycles. The summed E-state index contributed by atoms with van der Waals surface area (Å²) in [4.78, 5) is 27.6. The van der Waals surface area contributed by atoms with Gasteiger partial charge < -0.3 is 13.9 Å². The Morgan fingerprint density at radius 2 is 1.97 bits per heavy atom. The second-order valence-corrected chi connectivity index (χ2v) is 7.33. The van der Waals surface area contributed by atoms with Crippen molar-refractivity contribution in [2.24, 2.45) is 0 Å². The van der Waals surface area contributed by atoms with E-state index < -0.39 is 0 Å². The SMILES string of the molecule is O=C(c1ccc(-n2ccnc2)cc1)N1CCc2oc(CCc3cccnc3)nc2C1. The molecule has 0 fully saturated rings. The highest BCUT2D eigenvalue weighted by Crippen LogP contribution is 2.22. The summed E-state index contributed by atoms with van der Waals surface area (Å²) in [5.41, 5.74) is 3.66. The van der Waals surface area contributed by atoms with Crippen LogP contribution in [-0.4, -0.2) is 36.9 Å². The van der Waals surface area contributed by atoms with Crippen molar-refractivity contribution in [1.82, 2.24) is 24.4 Å². The lowest BCUT2D eigenvalue weighted by molar-refractivity contribution is 0.0728. The largest absolute Gasteiger partial charge is 0.445 e. The van der Waals surface area contributed by atoms with Crippen molar-refractivity contribution in [3.05, 3.63) is 96.0 Å². The van der Waals surface area contributed by atoms with Crippen LogP contribution in [0.2, 0.25) is 0 Å². The number of hydrogen-bond acceptors (Lipinski definition) is 5. The molecule has 1 aliphatic rings. The van der Waals surface area contributed by atoms with Gasteiger partial charge in [-0.1, -0.05) is 6.07 Å². The first-order valence-electron chi connectivity index (χ1n) is 10.0. The standard InChI is InChI=1S/C23H21N5O2/c29-23(18-4-6-19(7-5-18)28-13-11-25-16-28)27-12-9-21-20(15-27)26-22(30-21)8-3-17-2-1-10-24-14-17/h1-2,4-7,10-11,13-14,16H,3,8-9,12,15H2. The molecule has 30 heavy (non-hydrogen) atoms. The maximum Gasteiger partial charge on any atom is 0.254 e. The van der Waals surface area contributed by atoms with E-state index in [1.807, 2.05) is 58.3 Å². The molecule has 1 aromatic carbocycles. The summed E-state index contributed by atoms with van der Waals surface area (Å²) in [6, 6.07) is 11.5. The molecule has 150 valence electrons. The number of hydrogen-bond donors (Lipinski definition) is 0. The summed E-state index contributed by atoms with van der Waals surface area (Å²) < 4.78 is 7.85. The molecule has 0 atom stereocenters. The molecule has 5 rings (SSSR count). The molecule has 0 saturated carbocycles. The molecule has 0 spiro atoms. The quantitative estimate of drug-likeness (QED) is 0.515. The Labute approximate surface area is 174 Å². The van der Waals surface area contributed by atoms with Crippen LogP contribution in [0.4, 0.5) is 0 Å². The van der Waals surface area contributed by atoms with Crippen molar-refractivity contribution >= 4 is 5.91 Å². The molecule has 0 saturated heterocycles. The minimum absolute atomic E-state index is 0.0118. The third kappa shape index (κ3) is 3.74. The fourth-order valence-electron chi connectivity index (χ4n) is 3.70. The van der Waals surface area contributed by atoms with Crippen LogP contribution >= 0.6 is 0 Å². The lowest BCUT2D eigenvalue weighted by atomic mass is 10.1. The second kappa shape index (κ2) is 7.94. The van der Waals surface area contributed by atoms with Crippen molar-refractivity contribution in [3.63, 3.8) is 0 Å². The average Bonchev–Trinajstić information content (AvgIpc) is 3.47. The zero-order chi connectivity index (χ0) is 20.3. The van der Waals surface area contributed by atoms with E-state index in [2.05, 4.69) is 15.0 Å². The zero-order valence-electron chi connectivity index (χ0n) is 16.4. The number of oxazole rings is 1. The molecular formula is C23H21N5O2. The molecule has 1 aliphatic heterocycles. The van der Waals surface area contributed by atoms with E-state index in [4.69, 9.17) is 4.42 Å². The van der Waals surface area contributed by atoms with E-state index in [1.54, 1.807) is 18.7 Å².